The molecule has 0 saturated carbocycles. The van der Waals surface area contributed by atoms with E-state index < -0.39 is 0 Å². The zero-order valence-corrected chi connectivity index (χ0v) is 10.6. The van der Waals surface area contributed by atoms with Crippen LogP contribution in [0, 0.1) is 0 Å². The average molecular weight is 242 g/mol. The van der Waals surface area contributed by atoms with Gasteiger partial charge < -0.3 is 10.1 Å². The molecule has 0 bridgehead atoms. The summed E-state index contributed by atoms with van der Waals surface area (Å²) in [6, 6.07) is 9.91. The highest BCUT2D eigenvalue weighted by atomic mass is 16.5. The Morgan fingerprint density at radius 1 is 1.39 bits per heavy atom. The molecule has 0 aliphatic carbocycles. The molecule has 1 heterocycles. The Balaban J connectivity index is 1.97. The molecule has 0 unspecified atom stereocenters. The van der Waals surface area contributed by atoms with Gasteiger partial charge in [0.25, 0.3) is 0 Å². The lowest BCUT2D eigenvalue weighted by Crippen LogP contribution is -2.18. The van der Waals surface area contributed by atoms with Gasteiger partial charge in [0.2, 0.25) is 0 Å². The molecule has 1 aromatic carbocycles. The van der Waals surface area contributed by atoms with E-state index in [4.69, 9.17) is 4.74 Å². The minimum Gasteiger partial charge on any atom is -0.489 e. The van der Waals surface area contributed by atoms with Crippen LogP contribution in [0.25, 0.3) is 10.9 Å². The standard InChI is InChI=1S/C15H18N2O/c1-3-16-10-12(2)11-18-14-7-6-13-5-4-8-17-15(13)9-14/h4-9,16H,2-3,10-11H2,1H3. The number of hydrogen-bond donors (Lipinski definition) is 1. The number of nitrogens with one attached hydrogen (secondary N) is 1. The number of fused-ring (bicyclic) bond motifs is 1. The summed E-state index contributed by atoms with van der Waals surface area (Å²) in [5.41, 5.74) is 1.99. The molecule has 0 radical (unpaired) electrons. The predicted octanol–water partition coefficient (Wildman–Crippen LogP) is 2.78. The maximum atomic E-state index is 5.69. The molecule has 0 atom stereocenters. The average Bonchev–Trinajstić information content (AvgIpc) is 2.42. The third-order valence-electron chi connectivity index (χ3n) is 2.65. The number of benzene rings is 1. The van der Waals surface area contributed by atoms with Crippen molar-refractivity contribution in [1.29, 1.82) is 0 Å². The van der Waals surface area contributed by atoms with Gasteiger partial charge in [-0.25, -0.2) is 0 Å². The molecular weight excluding hydrogens is 224 g/mol. The molecule has 0 amide bonds. The molecule has 2 aromatic rings. The Morgan fingerprint density at radius 3 is 3.11 bits per heavy atom. The van der Waals surface area contributed by atoms with E-state index in [1.165, 1.54) is 0 Å². The maximum Gasteiger partial charge on any atom is 0.121 e. The molecule has 0 aliphatic heterocycles. The summed E-state index contributed by atoms with van der Waals surface area (Å²) in [5.74, 6) is 0.832. The quantitative estimate of drug-likeness (QED) is 0.791. The fourth-order valence-corrected chi connectivity index (χ4v) is 1.67. The Hall–Kier alpha value is -1.87. The minimum atomic E-state index is 0.533. The van der Waals surface area contributed by atoms with Gasteiger partial charge in [0, 0.05) is 24.2 Å². The van der Waals surface area contributed by atoms with Crippen LogP contribution in [-0.4, -0.2) is 24.7 Å². The third kappa shape index (κ3) is 3.31. The molecular formula is C15H18N2O. The van der Waals surface area contributed by atoms with E-state index in [1.54, 1.807) is 6.20 Å². The molecule has 0 fully saturated rings. The van der Waals surface area contributed by atoms with Crippen LogP contribution in [0.1, 0.15) is 6.92 Å². The normalized spacial score (nSPS) is 10.5. The summed E-state index contributed by atoms with van der Waals surface area (Å²) < 4.78 is 5.69. The summed E-state index contributed by atoms with van der Waals surface area (Å²) in [6.45, 7) is 8.31. The Morgan fingerprint density at radius 2 is 2.28 bits per heavy atom. The van der Waals surface area contributed by atoms with Crippen molar-refractivity contribution in [1.82, 2.24) is 10.3 Å². The van der Waals surface area contributed by atoms with E-state index in [0.29, 0.717) is 6.61 Å². The largest absolute Gasteiger partial charge is 0.489 e. The second-order valence-electron chi connectivity index (χ2n) is 4.18. The van der Waals surface area contributed by atoms with Gasteiger partial charge in [0.15, 0.2) is 0 Å². The third-order valence-corrected chi connectivity index (χ3v) is 2.65. The van der Waals surface area contributed by atoms with Crippen molar-refractivity contribution in [3.8, 4) is 5.75 Å². The smallest absolute Gasteiger partial charge is 0.121 e. The van der Waals surface area contributed by atoms with Crippen LogP contribution < -0.4 is 10.1 Å². The van der Waals surface area contributed by atoms with E-state index in [9.17, 15) is 0 Å². The number of likely N-dealkylation sites (N-methyl/N-ethyl adjacent to an activating group) is 1. The predicted molar refractivity (Wildman–Crippen MR) is 74.9 cm³/mol. The monoisotopic (exact) mass is 242 g/mol. The fraction of sp³-hybridized carbons (Fsp3) is 0.267. The molecule has 3 nitrogen and oxygen atoms in total. The molecule has 18 heavy (non-hydrogen) atoms. The Labute approximate surface area is 107 Å². The number of ether oxygens (including phenoxy) is 1. The number of hydrogen-bond acceptors (Lipinski definition) is 3. The molecule has 0 aliphatic rings. The Bertz CT molecular complexity index is 537. The van der Waals surface area contributed by atoms with Gasteiger partial charge in [-0.2, -0.15) is 0 Å². The highest BCUT2D eigenvalue weighted by Crippen LogP contribution is 2.18. The second-order valence-corrected chi connectivity index (χ2v) is 4.18. The molecule has 94 valence electrons. The van der Waals surface area contributed by atoms with Crippen LogP contribution in [0.15, 0.2) is 48.7 Å². The van der Waals surface area contributed by atoms with Crippen LogP contribution >= 0.6 is 0 Å². The first-order valence-electron chi connectivity index (χ1n) is 6.14. The van der Waals surface area contributed by atoms with Crippen molar-refractivity contribution in [3.63, 3.8) is 0 Å². The number of pyridine rings is 1. The highest BCUT2D eigenvalue weighted by molar-refractivity contribution is 5.79. The topological polar surface area (TPSA) is 34.1 Å². The van der Waals surface area contributed by atoms with Crippen molar-refractivity contribution in [2.45, 2.75) is 6.92 Å². The van der Waals surface area contributed by atoms with E-state index in [-0.39, 0.29) is 0 Å². The van der Waals surface area contributed by atoms with Crippen molar-refractivity contribution in [2.75, 3.05) is 19.7 Å². The molecule has 3 heteroatoms. The summed E-state index contributed by atoms with van der Waals surface area (Å²) >= 11 is 0. The number of aromatic nitrogens is 1. The Kier molecular flexibility index (Phi) is 4.31. The van der Waals surface area contributed by atoms with Gasteiger partial charge in [-0.3, -0.25) is 4.98 Å². The molecule has 1 aromatic heterocycles. The molecule has 1 N–H and O–H groups in total. The highest BCUT2D eigenvalue weighted by Gasteiger charge is 1.99. The zero-order chi connectivity index (χ0) is 12.8. The maximum absolute atomic E-state index is 5.69. The molecule has 2 rings (SSSR count). The summed E-state index contributed by atoms with van der Waals surface area (Å²) in [6.07, 6.45) is 1.79. The van der Waals surface area contributed by atoms with Crippen LogP contribution in [0.5, 0.6) is 5.75 Å². The van der Waals surface area contributed by atoms with E-state index >= 15 is 0 Å². The summed E-state index contributed by atoms with van der Waals surface area (Å²) in [5, 5.41) is 4.34. The lowest BCUT2D eigenvalue weighted by atomic mass is 10.2. The van der Waals surface area contributed by atoms with E-state index in [2.05, 4.69) is 23.8 Å². The van der Waals surface area contributed by atoms with Crippen molar-refractivity contribution < 1.29 is 4.74 Å². The van der Waals surface area contributed by atoms with Gasteiger partial charge in [0.1, 0.15) is 12.4 Å². The van der Waals surface area contributed by atoms with Gasteiger partial charge in [0.05, 0.1) is 5.52 Å². The van der Waals surface area contributed by atoms with Crippen molar-refractivity contribution in [3.05, 3.63) is 48.7 Å². The fourth-order valence-electron chi connectivity index (χ4n) is 1.67. The van der Waals surface area contributed by atoms with Crippen LogP contribution in [0.3, 0.4) is 0 Å². The van der Waals surface area contributed by atoms with Gasteiger partial charge in [-0.05, 0) is 30.3 Å². The molecule has 0 saturated heterocycles. The number of nitrogens with zero attached hydrogens (tertiary/aromatic N) is 1. The lowest BCUT2D eigenvalue weighted by molar-refractivity contribution is 0.349. The van der Waals surface area contributed by atoms with Crippen molar-refractivity contribution in [2.24, 2.45) is 0 Å². The van der Waals surface area contributed by atoms with Gasteiger partial charge in [-0.1, -0.05) is 19.6 Å². The SMILES string of the molecule is C=C(CNCC)COc1ccc2cccnc2c1. The van der Waals surface area contributed by atoms with Crippen LogP contribution in [-0.2, 0) is 0 Å². The van der Waals surface area contributed by atoms with Crippen LogP contribution in [0.2, 0.25) is 0 Å². The lowest BCUT2D eigenvalue weighted by Gasteiger charge is -2.09. The van der Waals surface area contributed by atoms with Gasteiger partial charge >= 0.3 is 0 Å². The van der Waals surface area contributed by atoms with E-state index in [0.717, 1.165) is 35.3 Å². The first-order chi connectivity index (χ1) is 8.79. The molecule has 0 spiro atoms. The summed E-state index contributed by atoms with van der Waals surface area (Å²) in [4.78, 5) is 4.30. The first kappa shape index (κ1) is 12.6. The zero-order valence-electron chi connectivity index (χ0n) is 10.6. The summed E-state index contributed by atoms with van der Waals surface area (Å²) in [7, 11) is 0. The second kappa shape index (κ2) is 6.17. The van der Waals surface area contributed by atoms with E-state index in [1.807, 2.05) is 30.3 Å². The first-order valence-corrected chi connectivity index (χ1v) is 6.14. The number of rotatable bonds is 6. The van der Waals surface area contributed by atoms with Crippen LogP contribution in [0.4, 0.5) is 0 Å². The van der Waals surface area contributed by atoms with Crippen molar-refractivity contribution >= 4 is 10.9 Å². The minimum absolute atomic E-state index is 0.533. The van der Waals surface area contributed by atoms with Gasteiger partial charge in [-0.15, -0.1) is 0 Å².